The smallest absolute Gasteiger partial charge is 0.329 e. The summed E-state index contributed by atoms with van der Waals surface area (Å²) in [6.07, 6.45) is 1.07. The minimum absolute atomic E-state index is 0.0602. The number of carbonyl (C=O) groups excluding carboxylic acids is 2. The fourth-order valence-electron chi connectivity index (χ4n) is 1.64. The number of carbonyl (C=O) groups is 3. The number of carboxylic acid groups (broad SMARTS) is 1. The van der Waals surface area contributed by atoms with Crippen molar-refractivity contribution in [3.63, 3.8) is 0 Å². The molecule has 8 heteroatoms. The van der Waals surface area contributed by atoms with E-state index in [1.54, 1.807) is 0 Å². The molecule has 1 fully saturated rings. The van der Waals surface area contributed by atoms with Gasteiger partial charge in [0.15, 0.2) is 0 Å². The summed E-state index contributed by atoms with van der Waals surface area (Å²) < 4.78 is 13.6. The highest BCUT2D eigenvalue weighted by molar-refractivity contribution is 6.32. The third kappa shape index (κ3) is 2.62. The number of halogens is 2. The van der Waals surface area contributed by atoms with Gasteiger partial charge >= 0.3 is 12.0 Å². The monoisotopic (exact) mass is 298 g/mol. The zero-order valence-electron chi connectivity index (χ0n) is 9.89. The van der Waals surface area contributed by atoms with Gasteiger partial charge in [-0.15, -0.1) is 0 Å². The lowest BCUT2D eigenvalue weighted by Crippen LogP contribution is -2.35. The third-order valence-electron chi connectivity index (χ3n) is 2.54. The van der Waals surface area contributed by atoms with Crippen molar-refractivity contribution >= 4 is 35.6 Å². The second-order valence-corrected chi connectivity index (χ2v) is 4.32. The van der Waals surface area contributed by atoms with E-state index < -0.39 is 30.3 Å². The first-order chi connectivity index (χ1) is 9.40. The van der Waals surface area contributed by atoms with Crippen LogP contribution in [0.25, 0.3) is 6.08 Å². The molecule has 3 amide bonds. The van der Waals surface area contributed by atoms with Gasteiger partial charge in [-0.2, -0.15) is 0 Å². The molecule has 1 aliphatic heterocycles. The topological polar surface area (TPSA) is 86.7 Å². The molecule has 0 bridgehead atoms. The Morgan fingerprint density at radius 1 is 1.45 bits per heavy atom. The van der Waals surface area contributed by atoms with Gasteiger partial charge in [0.2, 0.25) is 0 Å². The van der Waals surface area contributed by atoms with Crippen molar-refractivity contribution in [2.75, 3.05) is 6.54 Å². The van der Waals surface area contributed by atoms with Crippen LogP contribution in [0.5, 0.6) is 0 Å². The fraction of sp³-hybridized carbons (Fsp3) is 0.0833. The van der Waals surface area contributed by atoms with Crippen molar-refractivity contribution in [1.29, 1.82) is 0 Å². The number of benzene rings is 1. The summed E-state index contributed by atoms with van der Waals surface area (Å²) in [5.41, 5.74) is -0.293. The zero-order valence-corrected chi connectivity index (χ0v) is 10.6. The van der Waals surface area contributed by atoms with E-state index in [9.17, 15) is 18.8 Å². The average Bonchev–Trinajstić information content (AvgIpc) is 2.61. The Bertz CT molecular complexity index is 624. The number of amides is 3. The van der Waals surface area contributed by atoms with Gasteiger partial charge in [-0.25, -0.2) is 14.1 Å². The van der Waals surface area contributed by atoms with Gasteiger partial charge in [-0.05, 0) is 18.2 Å². The molecular formula is C12H8ClFN2O4. The van der Waals surface area contributed by atoms with Crippen molar-refractivity contribution in [2.45, 2.75) is 0 Å². The molecule has 1 saturated heterocycles. The largest absolute Gasteiger partial charge is 0.480 e. The molecule has 0 unspecified atom stereocenters. The highest BCUT2D eigenvalue weighted by atomic mass is 35.5. The fourth-order valence-corrected chi connectivity index (χ4v) is 1.86. The number of urea groups is 1. The molecular weight excluding hydrogens is 291 g/mol. The van der Waals surface area contributed by atoms with Crippen molar-refractivity contribution in [2.24, 2.45) is 0 Å². The lowest BCUT2D eigenvalue weighted by Gasteiger charge is -2.07. The maximum atomic E-state index is 13.6. The first-order valence-electron chi connectivity index (χ1n) is 5.40. The molecule has 1 aliphatic rings. The highest BCUT2D eigenvalue weighted by Gasteiger charge is 2.35. The van der Waals surface area contributed by atoms with E-state index in [1.807, 2.05) is 0 Å². The van der Waals surface area contributed by atoms with E-state index in [-0.39, 0.29) is 16.3 Å². The Morgan fingerprint density at radius 2 is 2.15 bits per heavy atom. The molecule has 1 aromatic carbocycles. The number of hydrogen-bond donors (Lipinski definition) is 2. The van der Waals surface area contributed by atoms with Crippen molar-refractivity contribution in [3.05, 3.63) is 40.3 Å². The lowest BCUT2D eigenvalue weighted by molar-refractivity contribution is -0.140. The molecule has 6 nitrogen and oxygen atoms in total. The predicted molar refractivity (Wildman–Crippen MR) is 67.3 cm³/mol. The van der Waals surface area contributed by atoms with E-state index >= 15 is 0 Å². The average molecular weight is 299 g/mol. The number of aliphatic carboxylic acids is 1. The Labute approximate surface area is 117 Å². The maximum Gasteiger partial charge on any atom is 0.329 e. The predicted octanol–water partition coefficient (Wildman–Crippen LogP) is 1.46. The number of hydrogen-bond acceptors (Lipinski definition) is 3. The summed E-state index contributed by atoms with van der Waals surface area (Å²) in [6.45, 7) is -0.771. The van der Waals surface area contributed by atoms with E-state index in [1.165, 1.54) is 12.1 Å². The van der Waals surface area contributed by atoms with Crippen LogP contribution in [0.2, 0.25) is 5.02 Å². The number of nitrogens with zero attached hydrogens (tertiary/aromatic N) is 1. The standard InChI is InChI=1S/C12H8ClFN2O4/c13-7-2-1-3-8(14)6(7)4-9-11(19)16(5-10(17)18)12(20)15-9/h1-4H,5H2,(H,15,20)(H,17,18)/b9-4+. The molecule has 0 aliphatic carbocycles. The van der Waals surface area contributed by atoms with Gasteiger partial charge < -0.3 is 10.4 Å². The van der Waals surface area contributed by atoms with E-state index in [0.717, 1.165) is 12.1 Å². The summed E-state index contributed by atoms with van der Waals surface area (Å²) >= 11 is 5.80. The minimum atomic E-state index is -1.33. The normalized spacial score (nSPS) is 16.7. The Balaban J connectivity index is 2.35. The van der Waals surface area contributed by atoms with Crippen molar-refractivity contribution in [3.8, 4) is 0 Å². The molecule has 20 heavy (non-hydrogen) atoms. The molecule has 2 N–H and O–H groups in total. The molecule has 0 radical (unpaired) electrons. The summed E-state index contributed by atoms with van der Waals surface area (Å²) in [5, 5.41) is 10.8. The number of nitrogens with one attached hydrogen (secondary N) is 1. The van der Waals surface area contributed by atoms with Crippen LogP contribution in [0.3, 0.4) is 0 Å². The first-order valence-corrected chi connectivity index (χ1v) is 5.78. The number of carboxylic acids is 1. The van der Waals surface area contributed by atoms with E-state index in [2.05, 4.69) is 5.32 Å². The van der Waals surface area contributed by atoms with Gasteiger partial charge in [0.1, 0.15) is 18.1 Å². The molecule has 2 rings (SSSR count). The molecule has 0 spiro atoms. The number of rotatable bonds is 3. The third-order valence-corrected chi connectivity index (χ3v) is 2.87. The van der Waals surface area contributed by atoms with Gasteiger partial charge in [0.05, 0.1) is 5.02 Å². The van der Waals surface area contributed by atoms with E-state index in [0.29, 0.717) is 4.90 Å². The van der Waals surface area contributed by atoms with Gasteiger partial charge in [0.25, 0.3) is 5.91 Å². The van der Waals surface area contributed by atoms with Gasteiger partial charge in [-0.1, -0.05) is 17.7 Å². The van der Waals surface area contributed by atoms with Crippen LogP contribution < -0.4 is 5.32 Å². The molecule has 0 saturated carbocycles. The Hall–Kier alpha value is -2.41. The van der Waals surface area contributed by atoms with Crippen molar-refractivity contribution in [1.82, 2.24) is 10.2 Å². The van der Waals surface area contributed by atoms with Crippen LogP contribution in [0.15, 0.2) is 23.9 Å². The van der Waals surface area contributed by atoms with Crippen LogP contribution in [0, 0.1) is 5.82 Å². The second kappa shape index (κ2) is 5.30. The summed E-state index contributed by atoms with van der Waals surface area (Å²) in [4.78, 5) is 34.3. The second-order valence-electron chi connectivity index (χ2n) is 3.91. The summed E-state index contributed by atoms with van der Waals surface area (Å²) in [6, 6.07) is 3.09. The van der Waals surface area contributed by atoms with Crippen LogP contribution in [0.4, 0.5) is 9.18 Å². The summed E-state index contributed by atoms with van der Waals surface area (Å²) in [7, 11) is 0. The minimum Gasteiger partial charge on any atom is -0.480 e. The van der Waals surface area contributed by atoms with Crippen LogP contribution in [0.1, 0.15) is 5.56 Å². The van der Waals surface area contributed by atoms with Gasteiger partial charge in [-0.3, -0.25) is 9.59 Å². The molecule has 0 atom stereocenters. The molecule has 1 aromatic rings. The molecule has 1 heterocycles. The summed E-state index contributed by atoms with van der Waals surface area (Å²) in [5.74, 6) is -2.85. The van der Waals surface area contributed by atoms with Crippen LogP contribution in [-0.4, -0.2) is 34.5 Å². The molecule has 104 valence electrons. The number of imide groups is 1. The zero-order chi connectivity index (χ0) is 14.9. The van der Waals surface area contributed by atoms with Crippen LogP contribution in [-0.2, 0) is 9.59 Å². The van der Waals surface area contributed by atoms with Gasteiger partial charge in [0, 0.05) is 5.56 Å². The molecule has 0 aromatic heterocycles. The quantitative estimate of drug-likeness (QED) is 0.653. The highest BCUT2D eigenvalue weighted by Crippen LogP contribution is 2.23. The first kappa shape index (κ1) is 14.0. The lowest BCUT2D eigenvalue weighted by atomic mass is 10.1. The van der Waals surface area contributed by atoms with E-state index in [4.69, 9.17) is 16.7 Å². The maximum absolute atomic E-state index is 13.6. The SMILES string of the molecule is O=C(O)CN1C(=O)N/C(=C/c2c(F)cccc2Cl)C1=O. The Morgan fingerprint density at radius 3 is 2.75 bits per heavy atom. The van der Waals surface area contributed by atoms with Crippen LogP contribution >= 0.6 is 11.6 Å². The van der Waals surface area contributed by atoms with Crippen molar-refractivity contribution < 1.29 is 23.9 Å². The Kier molecular flexibility index (Phi) is 3.71.